The second-order valence-electron chi connectivity index (χ2n) is 4.74. The maximum Gasteiger partial charge on any atom is 0.202 e. The fourth-order valence-electron chi connectivity index (χ4n) is 2.18. The number of fused-ring (bicyclic) bond motifs is 1. The molecule has 0 spiro atoms. The lowest BCUT2D eigenvalue weighted by molar-refractivity contribution is 0.945. The molecule has 0 saturated carbocycles. The smallest absolute Gasteiger partial charge is 0.202 e. The van der Waals surface area contributed by atoms with Gasteiger partial charge in [-0.3, -0.25) is 9.98 Å². The molecule has 5 nitrogen and oxygen atoms in total. The largest absolute Gasteiger partial charge is 0.369 e. The summed E-state index contributed by atoms with van der Waals surface area (Å²) in [6.45, 7) is 0.438. The molecule has 2 aromatic carbocycles. The van der Waals surface area contributed by atoms with Crippen LogP contribution < -0.4 is 11.2 Å². The van der Waals surface area contributed by atoms with Crippen molar-refractivity contribution in [1.82, 2.24) is 9.55 Å². The van der Waals surface area contributed by atoms with E-state index in [1.807, 2.05) is 54.6 Å². The Hall–Kier alpha value is -2.66. The third-order valence-electron chi connectivity index (χ3n) is 3.26. The number of nitrogens with two attached hydrogens (primary N) is 1. The normalized spacial score (nSPS) is 11.8. The van der Waals surface area contributed by atoms with Gasteiger partial charge in [-0.2, -0.15) is 0 Å². The summed E-state index contributed by atoms with van der Waals surface area (Å²) in [7, 11) is 0. The van der Waals surface area contributed by atoms with Crippen molar-refractivity contribution in [2.24, 2.45) is 10.7 Å². The van der Waals surface area contributed by atoms with E-state index >= 15 is 0 Å². The molecule has 0 bridgehead atoms. The molecule has 0 unspecified atom stereocenters. The molecule has 0 amide bonds. The van der Waals surface area contributed by atoms with E-state index in [0.29, 0.717) is 17.6 Å². The first kappa shape index (κ1) is 14.3. The highest BCUT2D eigenvalue weighted by Gasteiger charge is 2.09. The lowest BCUT2D eigenvalue weighted by atomic mass is 10.2. The average molecular weight is 312 g/mol. The Morgan fingerprint density at radius 3 is 2.59 bits per heavy atom. The standard InChI is InChI=1S/C16H14ClN5/c17-14-15(18)22(13-9-5-4-8-12(13)21-14)16(19)20-10-11-6-2-1-3-7-11/h1-9,18H,10H2,(H2,19,20). The second-order valence-corrected chi connectivity index (χ2v) is 5.09. The van der Waals surface area contributed by atoms with Gasteiger partial charge in [0, 0.05) is 0 Å². The maximum absolute atomic E-state index is 8.10. The molecular formula is C16H14ClN5. The third kappa shape index (κ3) is 2.71. The summed E-state index contributed by atoms with van der Waals surface area (Å²) in [6.07, 6.45) is 0. The van der Waals surface area contributed by atoms with Crippen LogP contribution >= 0.6 is 11.6 Å². The summed E-state index contributed by atoms with van der Waals surface area (Å²) in [5.41, 5.74) is 8.52. The number of benzene rings is 2. The van der Waals surface area contributed by atoms with Gasteiger partial charge in [-0.05, 0) is 17.7 Å². The lowest BCUT2D eigenvalue weighted by Crippen LogP contribution is -2.34. The van der Waals surface area contributed by atoms with Crippen LogP contribution in [0.1, 0.15) is 5.56 Å². The molecule has 0 aliphatic rings. The number of aromatic nitrogens is 2. The predicted molar refractivity (Wildman–Crippen MR) is 87.8 cm³/mol. The molecule has 3 N–H and O–H groups in total. The minimum Gasteiger partial charge on any atom is -0.369 e. The molecule has 0 fully saturated rings. The van der Waals surface area contributed by atoms with E-state index in [1.165, 1.54) is 4.57 Å². The van der Waals surface area contributed by atoms with Crippen molar-refractivity contribution in [3.63, 3.8) is 0 Å². The van der Waals surface area contributed by atoms with E-state index in [1.54, 1.807) is 0 Å². The molecule has 0 radical (unpaired) electrons. The van der Waals surface area contributed by atoms with Gasteiger partial charge in [0.25, 0.3) is 0 Å². The number of para-hydroxylation sites is 2. The zero-order chi connectivity index (χ0) is 15.5. The van der Waals surface area contributed by atoms with Crippen molar-refractivity contribution >= 4 is 28.6 Å². The molecule has 22 heavy (non-hydrogen) atoms. The molecule has 1 aromatic heterocycles. The minimum atomic E-state index is 0.0229. The van der Waals surface area contributed by atoms with Crippen LogP contribution in [0.4, 0.5) is 0 Å². The van der Waals surface area contributed by atoms with Crippen LogP contribution in [0.5, 0.6) is 0 Å². The van der Waals surface area contributed by atoms with Gasteiger partial charge >= 0.3 is 0 Å². The van der Waals surface area contributed by atoms with Crippen molar-refractivity contribution in [3.05, 3.63) is 70.8 Å². The first-order valence-electron chi connectivity index (χ1n) is 6.73. The molecule has 1 heterocycles. The van der Waals surface area contributed by atoms with E-state index < -0.39 is 0 Å². The van der Waals surface area contributed by atoms with Crippen LogP contribution in [-0.2, 0) is 6.54 Å². The van der Waals surface area contributed by atoms with Crippen molar-refractivity contribution < 1.29 is 0 Å². The first-order chi connectivity index (χ1) is 10.7. The summed E-state index contributed by atoms with van der Waals surface area (Å²) >= 11 is 6.02. The number of nitrogens with one attached hydrogen (secondary N) is 1. The Bertz CT molecular complexity index is 899. The number of rotatable bonds is 2. The summed E-state index contributed by atoms with van der Waals surface area (Å²) in [5, 5.41) is 8.19. The zero-order valence-electron chi connectivity index (χ0n) is 11.7. The Morgan fingerprint density at radius 1 is 1.14 bits per heavy atom. The highest BCUT2D eigenvalue weighted by Crippen LogP contribution is 2.11. The molecule has 0 aliphatic carbocycles. The summed E-state index contributed by atoms with van der Waals surface area (Å²) in [6, 6.07) is 17.2. The van der Waals surface area contributed by atoms with Gasteiger partial charge in [0.1, 0.15) is 0 Å². The van der Waals surface area contributed by atoms with E-state index in [2.05, 4.69) is 9.98 Å². The molecule has 0 aliphatic heterocycles. The fourth-order valence-corrected chi connectivity index (χ4v) is 2.36. The SMILES string of the molecule is N=c1c(Cl)nc2ccccc2n1C(N)=NCc1ccccc1. The van der Waals surface area contributed by atoms with E-state index in [4.69, 9.17) is 22.7 Å². The highest BCUT2D eigenvalue weighted by molar-refractivity contribution is 6.29. The van der Waals surface area contributed by atoms with Gasteiger partial charge in [-0.15, -0.1) is 0 Å². The number of aliphatic imine (C=N–C) groups is 1. The van der Waals surface area contributed by atoms with E-state index in [-0.39, 0.29) is 16.6 Å². The van der Waals surface area contributed by atoms with Crippen LogP contribution in [-0.4, -0.2) is 15.5 Å². The zero-order valence-corrected chi connectivity index (χ0v) is 12.5. The molecular weight excluding hydrogens is 298 g/mol. The van der Waals surface area contributed by atoms with E-state index in [0.717, 1.165) is 5.56 Å². The van der Waals surface area contributed by atoms with Crippen LogP contribution in [0.2, 0.25) is 5.15 Å². The fraction of sp³-hybridized carbons (Fsp3) is 0.0625. The highest BCUT2D eigenvalue weighted by atomic mass is 35.5. The van der Waals surface area contributed by atoms with Crippen LogP contribution in [0, 0.1) is 5.41 Å². The Kier molecular flexibility index (Phi) is 3.89. The number of hydrogen-bond donors (Lipinski definition) is 2. The first-order valence-corrected chi connectivity index (χ1v) is 7.11. The quantitative estimate of drug-likeness (QED) is 0.563. The van der Waals surface area contributed by atoms with Crippen molar-refractivity contribution in [2.75, 3.05) is 0 Å². The van der Waals surface area contributed by atoms with Gasteiger partial charge in [-0.25, -0.2) is 9.98 Å². The van der Waals surface area contributed by atoms with E-state index in [9.17, 15) is 0 Å². The van der Waals surface area contributed by atoms with Crippen molar-refractivity contribution in [3.8, 4) is 0 Å². The monoisotopic (exact) mass is 311 g/mol. The Morgan fingerprint density at radius 2 is 1.82 bits per heavy atom. The van der Waals surface area contributed by atoms with Gasteiger partial charge in [0.05, 0.1) is 17.6 Å². The van der Waals surface area contributed by atoms with Gasteiger partial charge < -0.3 is 5.73 Å². The van der Waals surface area contributed by atoms with Crippen LogP contribution in [0.15, 0.2) is 59.6 Å². The summed E-state index contributed by atoms with van der Waals surface area (Å²) in [4.78, 5) is 8.55. The Labute approximate surface area is 132 Å². The van der Waals surface area contributed by atoms with Crippen LogP contribution in [0.25, 0.3) is 11.0 Å². The third-order valence-corrected chi connectivity index (χ3v) is 3.52. The molecule has 3 aromatic rings. The van der Waals surface area contributed by atoms with Crippen molar-refractivity contribution in [2.45, 2.75) is 6.54 Å². The average Bonchev–Trinajstić information content (AvgIpc) is 2.55. The number of nitrogens with zero attached hydrogens (tertiary/aromatic N) is 3. The molecule has 0 saturated heterocycles. The summed E-state index contributed by atoms with van der Waals surface area (Å²) < 4.78 is 1.51. The molecule has 0 atom stereocenters. The topological polar surface area (TPSA) is 80.0 Å². The number of halogens is 1. The molecule has 6 heteroatoms. The summed E-state index contributed by atoms with van der Waals surface area (Å²) in [5.74, 6) is 0.217. The number of hydrogen-bond acceptors (Lipinski definition) is 3. The minimum absolute atomic E-state index is 0.0229. The van der Waals surface area contributed by atoms with Gasteiger partial charge in [0.15, 0.2) is 10.6 Å². The maximum atomic E-state index is 8.10. The molecule has 110 valence electrons. The lowest BCUT2D eigenvalue weighted by Gasteiger charge is -2.11. The van der Waals surface area contributed by atoms with Gasteiger partial charge in [-0.1, -0.05) is 54.1 Å². The van der Waals surface area contributed by atoms with Crippen LogP contribution in [0.3, 0.4) is 0 Å². The second kappa shape index (κ2) is 5.99. The van der Waals surface area contributed by atoms with Gasteiger partial charge in [0.2, 0.25) is 5.96 Å². The Balaban J connectivity index is 2.09. The molecule has 3 rings (SSSR count). The predicted octanol–water partition coefficient (Wildman–Crippen LogP) is 2.53. The van der Waals surface area contributed by atoms with Crippen molar-refractivity contribution in [1.29, 1.82) is 5.41 Å².